The first-order valence-corrected chi connectivity index (χ1v) is 10.2. The van der Waals surface area contributed by atoms with Gasteiger partial charge in [0.05, 0.1) is 23.2 Å². The van der Waals surface area contributed by atoms with E-state index in [-0.39, 0.29) is 5.91 Å². The van der Waals surface area contributed by atoms with Gasteiger partial charge in [0.1, 0.15) is 10.7 Å². The van der Waals surface area contributed by atoms with Crippen LogP contribution in [0.1, 0.15) is 54.5 Å². The molecule has 1 saturated heterocycles. The van der Waals surface area contributed by atoms with Crippen LogP contribution < -0.4 is 5.32 Å². The van der Waals surface area contributed by atoms with Gasteiger partial charge in [-0.15, -0.1) is 5.01 Å². The number of carbonyl (C=O) groups is 2. The number of hydrazone groups is 1. The molecule has 1 spiro atoms. The Morgan fingerprint density at radius 2 is 1.90 bits per heavy atom. The zero-order valence-corrected chi connectivity index (χ0v) is 17.6. The maximum atomic E-state index is 12.9. The van der Waals surface area contributed by atoms with Crippen LogP contribution in [0.15, 0.2) is 23.3 Å². The zero-order valence-electron chi connectivity index (χ0n) is 16.8. The molecular formula is C21H24ClN5O2. The van der Waals surface area contributed by atoms with Crippen LogP contribution in [-0.4, -0.2) is 38.5 Å². The lowest BCUT2D eigenvalue weighted by Gasteiger charge is -2.29. The average molecular weight is 414 g/mol. The summed E-state index contributed by atoms with van der Waals surface area (Å²) >= 11 is 6.59. The number of hydrogen-bond acceptors (Lipinski definition) is 4. The van der Waals surface area contributed by atoms with Crippen LogP contribution in [0, 0.1) is 20.8 Å². The van der Waals surface area contributed by atoms with Crippen LogP contribution in [0.5, 0.6) is 0 Å². The molecule has 1 aromatic carbocycles. The number of aryl methyl sites for hydroxylation is 3. The van der Waals surface area contributed by atoms with Gasteiger partial charge in [-0.1, -0.05) is 43.0 Å². The third-order valence-electron chi connectivity index (χ3n) is 5.79. The van der Waals surface area contributed by atoms with Crippen molar-refractivity contribution in [1.82, 2.24) is 20.1 Å². The van der Waals surface area contributed by atoms with Crippen molar-refractivity contribution in [3.8, 4) is 5.69 Å². The predicted molar refractivity (Wildman–Crippen MR) is 112 cm³/mol. The molecule has 29 heavy (non-hydrogen) atoms. The van der Waals surface area contributed by atoms with E-state index in [4.69, 9.17) is 11.6 Å². The number of halogens is 1. The fourth-order valence-electron chi connectivity index (χ4n) is 4.09. The summed E-state index contributed by atoms with van der Waals surface area (Å²) in [6.07, 6.45) is 5.71. The van der Waals surface area contributed by atoms with Gasteiger partial charge in [0.25, 0.3) is 5.91 Å². The Labute approximate surface area is 174 Å². The van der Waals surface area contributed by atoms with Gasteiger partial charge in [-0.25, -0.2) is 9.48 Å². The molecule has 2 fully saturated rings. The zero-order chi connectivity index (χ0) is 20.8. The van der Waals surface area contributed by atoms with Gasteiger partial charge in [-0.3, -0.25) is 4.79 Å². The number of carbonyl (C=O) groups excluding carboxylic acids is 2. The number of imide groups is 1. The predicted octanol–water partition coefficient (Wildman–Crippen LogP) is 4.04. The molecule has 8 heteroatoms. The van der Waals surface area contributed by atoms with E-state index in [0.717, 1.165) is 41.1 Å². The van der Waals surface area contributed by atoms with Crippen LogP contribution in [0.25, 0.3) is 5.69 Å². The quantitative estimate of drug-likeness (QED) is 0.609. The van der Waals surface area contributed by atoms with E-state index in [0.29, 0.717) is 29.3 Å². The molecule has 0 radical (unpaired) electrons. The molecule has 0 bridgehead atoms. The molecule has 2 heterocycles. The Balaban J connectivity index is 1.64. The number of aromatic nitrogens is 2. The molecule has 152 valence electrons. The first-order chi connectivity index (χ1) is 13.8. The summed E-state index contributed by atoms with van der Waals surface area (Å²) < 4.78 is 1.66. The van der Waals surface area contributed by atoms with E-state index in [9.17, 15) is 9.59 Å². The monoisotopic (exact) mass is 413 g/mol. The molecule has 3 amide bonds. The lowest BCUT2D eigenvalue weighted by atomic mass is 9.82. The standard InChI is InChI=1S/C21H24ClN5O2/c1-13-7-8-14(2)17(11-13)26-18(22)16(15(3)25-26)12-23-27-19(28)21(24-20(27)29)9-5-4-6-10-21/h7-8,11-12H,4-6,9-10H2,1-3H3,(H,24,29). The number of benzene rings is 1. The van der Waals surface area contributed by atoms with Gasteiger partial charge < -0.3 is 5.32 Å². The maximum absolute atomic E-state index is 12.9. The minimum atomic E-state index is -0.797. The van der Waals surface area contributed by atoms with Crippen molar-refractivity contribution in [3.05, 3.63) is 45.7 Å². The van der Waals surface area contributed by atoms with Crippen LogP contribution in [0.2, 0.25) is 5.15 Å². The lowest BCUT2D eigenvalue weighted by molar-refractivity contribution is -0.132. The highest BCUT2D eigenvalue weighted by molar-refractivity contribution is 6.32. The number of amides is 3. The van der Waals surface area contributed by atoms with Crippen LogP contribution in [0.4, 0.5) is 4.79 Å². The fraction of sp³-hybridized carbons (Fsp3) is 0.429. The van der Waals surface area contributed by atoms with Gasteiger partial charge in [0, 0.05) is 0 Å². The van der Waals surface area contributed by atoms with Gasteiger partial charge in [-0.05, 0) is 50.8 Å². The summed E-state index contributed by atoms with van der Waals surface area (Å²) in [6, 6.07) is 5.58. The molecule has 1 saturated carbocycles. The van der Waals surface area contributed by atoms with E-state index in [1.165, 1.54) is 6.21 Å². The second kappa shape index (κ2) is 7.30. The van der Waals surface area contributed by atoms with Crippen molar-refractivity contribution in [2.45, 2.75) is 58.4 Å². The molecule has 0 atom stereocenters. The van der Waals surface area contributed by atoms with E-state index in [1.807, 2.05) is 39.0 Å². The van der Waals surface area contributed by atoms with Gasteiger partial charge in [0.15, 0.2) is 0 Å². The fourth-order valence-corrected chi connectivity index (χ4v) is 4.40. The van der Waals surface area contributed by atoms with Crippen LogP contribution in [0.3, 0.4) is 0 Å². The highest BCUT2D eigenvalue weighted by Gasteiger charge is 2.51. The molecule has 4 rings (SSSR count). The number of hydrogen-bond donors (Lipinski definition) is 1. The largest absolute Gasteiger partial charge is 0.346 e. The van der Waals surface area contributed by atoms with Crippen molar-refractivity contribution >= 4 is 29.8 Å². The number of nitrogens with zero attached hydrogens (tertiary/aromatic N) is 4. The van der Waals surface area contributed by atoms with Crippen molar-refractivity contribution in [1.29, 1.82) is 0 Å². The highest BCUT2D eigenvalue weighted by Crippen LogP contribution is 2.34. The maximum Gasteiger partial charge on any atom is 0.346 e. The van der Waals surface area contributed by atoms with E-state index >= 15 is 0 Å². The SMILES string of the molecule is Cc1ccc(C)c(-n2nc(C)c(C=NN3C(=O)NC4(CCCCC4)C3=O)c2Cl)c1. The Bertz CT molecular complexity index is 1020. The molecule has 2 aromatic rings. The minimum absolute atomic E-state index is 0.283. The summed E-state index contributed by atoms with van der Waals surface area (Å²) in [4.78, 5) is 25.3. The van der Waals surface area contributed by atoms with Crippen molar-refractivity contribution in [3.63, 3.8) is 0 Å². The Hall–Kier alpha value is -2.67. The van der Waals surface area contributed by atoms with Crippen molar-refractivity contribution in [2.24, 2.45) is 5.10 Å². The molecule has 7 nitrogen and oxygen atoms in total. The summed E-state index contributed by atoms with van der Waals surface area (Å²) in [7, 11) is 0. The normalized spacial score (nSPS) is 18.8. The number of rotatable bonds is 3. The molecule has 1 aliphatic heterocycles. The first-order valence-electron chi connectivity index (χ1n) is 9.86. The molecule has 1 aromatic heterocycles. The summed E-state index contributed by atoms with van der Waals surface area (Å²) in [6.45, 7) is 5.82. The van der Waals surface area contributed by atoms with Crippen molar-refractivity contribution in [2.75, 3.05) is 0 Å². The third kappa shape index (κ3) is 3.33. The van der Waals surface area contributed by atoms with E-state index < -0.39 is 11.6 Å². The summed E-state index contributed by atoms with van der Waals surface area (Å²) in [5.74, 6) is -0.283. The first kappa shape index (κ1) is 19.6. The minimum Gasteiger partial charge on any atom is -0.321 e. The van der Waals surface area contributed by atoms with Crippen molar-refractivity contribution < 1.29 is 9.59 Å². The molecule has 2 aliphatic rings. The topological polar surface area (TPSA) is 79.6 Å². The molecular weight excluding hydrogens is 390 g/mol. The third-order valence-corrected chi connectivity index (χ3v) is 6.15. The summed E-state index contributed by atoms with van der Waals surface area (Å²) in [5, 5.41) is 12.9. The average Bonchev–Trinajstić information content (AvgIpc) is 3.09. The Kier molecular flexibility index (Phi) is 4.94. The summed E-state index contributed by atoms with van der Waals surface area (Å²) in [5.41, 5.74) is 3.47. The second-order valence-corrected chi connectivity index (χ2v) is 8.28. The molecule has 1 N–H and O–H groups in total. The lowest BCUT2D eigenvalue weighted by Crippen LogP contribution is -2.48. The van der Waals surface area contributed by atoms with E-state index in [2.05, 4.69) is 15.5 Å². The number of urea groups is 1. The Morgan fingerprint density at radius 3 is 2.62 bits per heavy atom. The van der Waals surface area contributed by atoms with Crippen LogP contribution in [-0.2, 0) is 4.79 Å². The highest BCUT2D eigenvalue weighted by atomic mass is 35.5. The second-order valence-electron chi connectivity index (χ2n) is 7.93. The number of nitrogens with one attached hydrogen (secondary N) is 1. The van der Waals surface area contributed by atoms with Crippen LogP contribution >= 0.6 is 11.6 Å². The Morgan fingerprint density at radius 1 is 1.17 bits per heavy atom. The smallest absolute Gasteiger partial charge is 0.321 e. The molecule has 1 aliphatic carbocycles. The molecule has 0 unspecified atom stereocenters. The van der Waals surface area contributed by atoms with E-state index in [1.54, 1.807) is 4.68 Å². The van der Waals surface area contributed by atoms with Gasteiger partial charge >= 0.3 is 6.03 Å². The van der Waals surface area contributed by atoms with Gasteiger partial charge in [-0.2, -0.15) is 10.2 Å². The van der Waals surface area contributed by atoms with Gasteiger partial charge in [0.2, 0.25) is 0 Å².